The topological polar surface area (TPSA) is 186 Å². The Bertz CT molecular complexity index is 1720. The van der Waals surface area contributed by atoms with Crippen LogP contribution in [0.4, 0.5) is 18.9 Å². The van der Waals surface area contributed by atoms with E-state index in [0.29, 0.717) is 22.4 Å². The fraction of sp³-hybridized carbons (Fsp3) is 0.406. The average molecular weight is 661 g/mol. The summed E-state index contributed by atoms with van der Waals surface area (Å²) in [5.74, 6) is -7.64. The third kappa shape index (κ3) is 5.68. The maximum Gasteiger partial charge on any atom is 0.573 e. The molecule has 2 aromatic carbocycles. The summed E-state index contributed by atoms with van der Waals surface area (Å²) < 4.78 is 41.3. The number of hydrogen-bond donors (Lipinski definition) is 6. The third-order valence-electron chi connectivity index (χ3n) is 9.06. The van der Waals surface area contributed by atoms with Crippen LogP contribution in [0, 0.1) is 11.8 Å². The molecule has 5 rings (SSSR count). The number of ether oxygens (including phenoxy) is 1. The number of hydrogen-bond acceptors (Lipinski definition) is 11. The molecule has 2 aromatic rings. The van der Waals surface area contributed by atoms with Gasteiger partial charge in [0.15, 0.2) is 11.4 Å². The van der Waals surface area contributed by atoms with E-state index >= 15 is 0 Å². The maximum absolute atomic E-state index is 14.1. The molecule has 3 aliphatic carbocycles. The predicted molar refractivity (Wildman–Crippen MR) is 162 cm³/mol. The Labute approximate surface area is 267 Å². The van der Waals surface area contributed by atoms with Crippen LogP contribution in [0.2, 0.25) is 0 Å². The summed E-state index contributed by atoms with van der Waals surface area (Å²) >= 11 is 0. The molecule has 0 aromatic heterocycles. The summed E-state index contributed by atoms with van der Waals surface area (Å²) in [6.07, 6.45) is -4.71. The quantitative estimate of drug-likeness (QED) is 0.228. The van der Waals surface area contributed by atoms with E-state index in [9.17, 15) is 48.0 Å². The Morgan fingerprint density at radius 2 is 1.72 bits per heavy atom. The second-order valence-electron chi connectivity index (χ2n) is 12.4. The number of amides is 1. The minimum atomic E-state index is -4.82. The number of aromatic hydroxyl groups is 1. The fourth-order valence-corrected chi connectivity index (χ4v) is 7.03. The number of phenols is 1. The SMILES string of the molecule is CN(C)c1cc(CNCc2ccc(OC(F)(F)F)cc2)c(O)c2c1C[C@H]1C[C@H]3[C@H](N(C)C)C(=O)C(C(N)=O)=C(O)[C@@]3(O)C(=O)C1=C2O. The molecule has 1 amide bonds. The number of fused-ring (bicyclic) bond motifs is 3. The summed E-state index contributed by atoms with van der Waals surface area (Å²) in [7, 11) is 6.57. The van der Waals surface area contributed by atoms with Crippen LogP contribution in [0.1, 0.15) is 28.7 Å². The van der Waals surface area contributed by atoms with Crippen molar-refractivity contribution >= 4 is 28.9 Å². The maximum atomic E-state index is 14.1. The van der Waals surface area contributed by atoms with Gasteiger partial charge in [0.25, 0.3) is 5.91 Å². The lowest BCUT2D eigenvalue weighted by atomic mass is 9.57. The lowest BCUT2D eigenvalue weighted by molar-refractivity contribution is -0.274. The number of primary amides is 1. The number of likely N-dealkylation sites (N-methyl/N-ethyl adjacent to an activating group) is 1. The molecule has 0 unspecified atom stereocenters. The van der Waals surface area contributed by atoms with E-state index in [-0.39, 0.29) is 48.6 Å². The zero-order valence-corrected chi connectivity index (χ0v) is 26.0. The van der Waals surface area contributed by atoms with E-state index in [1.54, 1.807) is 25.1 Å². The summed E-state index contributed by atoms with van der Waals surface area (Å²) in [5.41, 5.74) is 3.52. The molecule has 47 heavy (non-hydrogen) atoms. The van der Waals surface area contributed by atoms with Gasteiger partial charge in [0, 0.05) is 49.9 Å². The highest BCUT2D eigenvalue weighted by Gasteiger charge is 2.64. The van der Waals surface area contributed by atoms with Crippen molar-refractivity contribution in [3.05, 3.63) is 69.5 Å². The Hall–Kier alpha value is -4.60. The van der Waals surface area contributed by atoms with Crippen molar-refractivity contribution in [2.45, 2.75) is 43.9 Å². The van der Waals surface area contributed by atoms with Gasteiger partial charge in [0.1, 0.15) is 28.6 Å². The number of phenolic OH excluding ortho intramolecular Hbond substituents is 1. The molecule has 0 heterocycles. The molecule has 15 heteroatoms. The largest absolute Gasteiger partial charge is 0.573 e. The van der Waals surface area contributed by atoms with E-state index in [4.69, 9.17) is 5.73 Å². The van der Waals surface area contributed by atoms with Crippen molar-refractivity contribution < 1.29 is 52.7 Å². The van der Waals surface area contributed by atoms with E-state index < -0.39 is 64.4 Å². The number of nitrogens with one attached hydrogen (secondary N) is 1. The molecule has 1 saturated carbocycles. The molecule has 252 valence electrons. The number of alkyl halides is 3. The first-order valence-electron chi connectivity index (χ1n) is 14.6. The monoisotopic (exact) mass is 660 g/mol. The van der Waals surface area contributed by atoms with Crippen LogP contribution in [0.5, 0.6) is 11.5 Å². The number of ketones is 2. The van der Waals surface area contributed by atoms with Crippen LogP contribution in [0.3, 0.4) is 0 Å². The number of benzene rings is 2. The Balaban J connectivity index is 1.52. The van der Waals surface area contributed by atoms with Crippen molar-refractivity contribution in [2.75, 3.05) is 33.1 Å². The summed E-state index contributed by atoms with van der Waals surface area (Å²) in [6, 6.07) is 5.77. The van der Waals surface area contributed by atoms with Gasteiger partial charge in [0.2, 0.25) is 5.78 Å². The van der Waals surface area contributed by atoms with Crippen molar-refractivity contribution in [1.29, 1.82) is 0 Å². The van der Waals surface area contributed by atoms with E-state index in [1.807, 2.05) is 0 Å². The van der Waals surface area contributed by atoms with Gasteiger partial charge in [0.05, 0.1) is 11.6 Å². The highest BCUT2D eigenvalue weighted by atomic mass is 19.4. The number of carbonyl (C=O) groups excluding carboxylic acids is 3. The standard InChI is InChI=1S/C32H35F3N4O8/c1-38(2)20-11-16(13-37-12-14-5-7-17(8-6-14)47-32(33,34)35)25(40)22-18(20)9-15-10-19-24(39(3)4)27(42)23(30(36)45)29(44)31(19,46)28(43)21(15)26(22)41/h5-8,11,15,19,24,37,40-41,44,46H,9-10,12-13H2,1-4H3,(H2,36,45)/t15-,19-,24-,31-/m0/s1. The summed E-state index contributed by atoms with van der Waals surface area (Å²) in [6.45, 7) is 0.243. The molecule has 12 nitrogen and oxygen atoms in total. The number of aliphatic hydroxyl groups is 3. The van der Waals surface area contributed by atoms with Gasteiger partial charge in [-0.15, -0.1) is 13.2 Å². The minimum absolute atomic E-state index is 0.0322. The zero-order valence-electron chi connectivity index (χ0n) is 26.0. The first-order chi connectivity index (χ1) is 21.9. The van der Waals surface area contributed by atoms with Crippen LogP contribution in [-0.2, 0) is 33.9 Å². The highest BCUT2D eigenvalue weighted by molar-refractivity contribution is 6.24. The number of anilines is 1. The van der Waals surface area contributed by atoms with Crippen LogP contribution in [-0.4, -0.2) is 89.0 Å². The van der Waals surface area contributed by atoms with Crippen molar-refractivity contribution in [3.63, 3.8) is 0 Å². The van der Waals surface area contributed by atoms with Gasteiger partial charge >= 0.3 is 6.36 Å². The molecule has 0 bridgehead atoms. The minimum Gasteiger partial charge on any atom is -0.508 e. The fourth-order valence-electron chi connectivity index (χ4n) is 7.03. The van der Waals surface area contributed by atoms with Gasteiger partial charge in [-0.3, -0.25) is 19.3 Å². The first kappa shape index (κ1) is 33.8. The molecule has 0 aliphatic heterocycles. The predicted octanol–water partition coefficient (Wildman–Crippen LogP) is 2.22. The average Bonchev–Trinajstić information content (AvgIpc) is 2.95. The number of Topliss-reactive ketones (excluding diaryl/α,β-unsaturated/α-hetero) is 2. The second-order valence-corrected chi connectivity index (χ2v) is 12.4. The molecule has 4 atom stereocenters. The molecular formula is C32H35F3N4O8. The zero-order chi connectivity index (χ0) is 34.7. The Morgan fingerprint density at radius 3 is 2.28 bits per heavy atom. The van der Waals surface area contributed by atoms with Crippen molar-refractivity contribution in [3.8, 4) is 11.5 Å². The first-order valence-corrected chi connectivity index (χ1v) is 14.6. The summed E-state index contributed by atoms with van der Waals surface area (Å²) in [4.78, 5) is 42.8. The number of aliphatic hydroxyl groups excluding tert-OH is 2. The molecule has 3 aliphatic rings. The number of nitrogens with two attached hydrogens (primary N) is 1. The Kier molecular flexibility index (Phi) is 8.54. The van der Waals surface area contributed by atoms with Gasteiger partial charge in [-0.25, -0.2) is 0 Å². The van der Waals surface area contributed by atoms with E-state index in [0.717, 1.165) is 0 Å². The molecule has 7 N–H and O–H groups in total. The van der Waals surface area contributed by atoms with E-state index in [1.165, 1.54) is 43.3 Å². The second kappa shape index (κ2) is 11.9. The van der Waals surface area contributed by atoms with Gasteiger partial charge in [-0.05, 0) is 62.2 Å². The van der Waals surface area contributed by atoms with Gasteiger partial charge in [-0.1, -0.05) is 12.1 Å². The van der Waals surface area contributed by atoms with Crippen molar-refractivity contribution in [1.82, 2.24) is 10.2 Å². The van der Waals surface area contributed by atoms with E-state index in [2.05, 4.69) is 10.1 Å². The number of rotatable bonds is 8. The van der Waals surface area contributed by atoms with Gasteiger partial charge < -0.3 is 41.1 Å². The Morgan fingerprint density at radius 1 is 1.09 bits per heavy atom. The molecular weight excluding hydrogens is 625 g/mol. The molecule has 1 fully saturated rings. The summed E-state index contributed by atoms with van der Waals surface area (Å²) in [5, 5.41) is 49.0. The third-order valence-corrected chi connectivity index (χ3v) is 9.06. The smallest absolute Gasteiger partial charge is 0.508 e. The lowest BCUT2D eigenvalue weighted by Gasteiger charge is -2.50. The normalized spacial score (nSPS) is 24.2. The lowest BCUT2D eigenvalue weighted by Crippen LogP contribution is -2.65. The van der Waals surface area contributed by atoms with Gasteiger partial charge in [-0.2, -0.15) is 0 Å². The number of nitrogens with zero attached hydrogens (tertiary/aromatic N) is 2. The molecule has 0 radical (unpaired) electrons. The van der Waals surface area contributed by atoms with Crippen LogP contribution in [0.15, 0.2) is 47.2 Å². The molecule has 0 saturated heterocycles. The van der Waals surface area contributed by atoms with Crippen LogP contribution in [0.25, 0.3) is 5.76 Å². The van der Waals surface area contributed by atoms with Crippen molar-refractivity contribution in [2.24, 2.45) is 17.6 Å². The highest BCUT2D eigenvalue weighted by Crippen LogP contribution is 2.54. The van der Waals surface area contributed by atoms with Crippen LogP contribution < -0.4 is 20.7 Å². The molecule has 0 spiro atoms. The van der Waals surface area contributed by atoms with Crippen LogP contribution >= 0.6 is 0 Å². The number of carbonyl (C=O) groups is 3. The number of halogens is 3.